The highest BCUT2D eigenvalue weighted by Crippen LogP contribution is 2.24. The first-order chi connectivity index (χ1) is 7.70. The van der Waals surface area contributed by atoms with Crippen LogP contribution < -0.4 is 4.90 Å². The predicted octanol–water partition coefficient (Wildman–Crippen LogP) is 3.04. The van der Waals surface area contributed by atoms with Gasteiger partial charge in [-0.1, -0.05) is 6.07 Å². The van der Waals surface area contributed by atoms with Gasteiger partial charge in [0.15, 0.2) is 0 Å². The highest BCUT2D eigenvalue weighted by molar-refractivity contribution is 5.50. The summed E-state index contributed by atoms with van der Waals surface area (Å²) in [4.78, 5) is 2.39. The van der Waals surface area contributed by atoms with Crippen molar-refractivity contribution in [3.8, 4) is 6.07 Å². The molecule has 1 heterocycles. The van der Waals surface area contributed by atoms with Gasteiger partial charge in [-0.25, -0.2) is 0 Å². The van der Waals surface area contributed by atoms with Crippen LogP contribution in [-0.2, 0) is 0 Å². The van der Waals surface area contributed by atoms with Crippen molar-refractivity contribution in [3.05, 3.63) is 29.3 Å². The molecule has 84 valence electrons. The molecule has 1 aromatic carbocycles. The van der Waals surface area contributed by atoms with Crippen molar-refractivity contribution in [2.24, 2.45) is 5.92 Å². The van der Waals surface area contributed by atoms with E-state index in [1.54, 1.807) is 0 Å². The Morgan fingerprint density at radius 1 is 1.19 bits per heavy atom. The smallest absolute Gasteiger partial charge is 0.0657 e. The Morgan fingerprint density at radius 2 is 1.88 bits per heavy atom. The minimum absolute atomic E-state index is 0.266. The number of hydrogen-bond acceptors (Lipinski definition) is 2. The van der Waals surface area contributed by atoms with Crippen molar-refractivity contribution in [2.45, 2.75) is 26.7 Å². The lowest BCUT2D eigenvalue weighted by Gasteiger charge is -2.31. The third-order valence-corrected chi connectivity index (χ3v) is 3.53. The van der Waals surface area contributed by atoms with Crippen molar-refractivity contribution in [1.29, 1.82) is 5.26 Å². The first kappa shape index (κ1) is 11.0. The minimum Gasteiger partial charge on any atom is -0.371 e. The molecule has 0 bridgehead atoms. The van der Waals surface area contributed by atoms with Gasteiger partial charge in [-0.2, -0.15) is 5.26 Å². The number of benzene rings is 1. The molecular weight excluding hydrogens is 196 g/mol. The van der Waals surface area contributed by atoms with Crippen LogP contribution in [0.3, 0.4) is 0 Å². The van der Waals surface area contributed by atoms with E-state index < -0.39 is 0 Å². The Balaban J connectivity index is 2.09. The summed E-state index contributed by atoms with van der Waals surface area (Å²) in [6, 6.07) is 8.99. The third-order valence-electron chi connectivity index (χ3n) is 3.53. The van der Waals surface area contributed by atoms with Crippen LogP contribution in [0.25, 0.3) is 0 Å². The van der Waals surface area contributed by atoms with E-state index in [0.717, 1.165) is 25.9 Å². The maximum absolute atomic E-state index is 8.86. The van der Waals surface area contributed by atoms with Gasteiger partial charge in [-0.15, -0.1) is 0 Å². The summed E-state index contributed by atoms with van der Waals surface area (Å²) in [7, 11) is 0. The molecule has 1 fully saturated rings. The van der Waals surface area contributed by atoms with Gasteiger partial charge in [0, 0.05) is 24.7 Å². The summed E-state index contributed by atoms with van der Waals surface area (Å²) in [5, 5.41) is 8.86. The second kappa shape index (κ2) is 4.57. The van der Waals surface area contributed by atoms with E-state index in [4.69, 9.17) is 5.26 Å². The van der Waals surface area contributed by atoms with Crippen LogP contribution in [-0.4, -0.2) is 13.1 Å². The van der Waals surface area contributed by atoms with Crippen LogP contribution >= 0.6 is 0 Å². The van der Waals surface area contributed by atoms with E-state index >= 15 is 0 Å². The molecule has 0 radical (unpaired) electrons. The highest BCUT2D eigenvalue weighted by Gasteiger charge is 2.18. The molecule has 2 heteroatoms. The molecule has 1 aromatic rings. The molecule has 0 unspecified atom stereocenters. The molecule has 0 aliphatic carbocycles. The second-order valence-electron chi connectivity index (χ2n) is 4.66. The molecule has 2 nitrogen and oxygen atoms in total. The Labute approximate surface area is 97.5 Å². The summed E-state index contributed by atoms with van der Waals surface area (Å²) in [5.41, 5.74) is 4.00. The first-order valence-corrected chi connectivity index (χ1v) is 5.92. The molecule has 0 saturated carbocycles. The lowest BCUT2D eigenvalue weighted by molar-refractivity contribution is 0.488. The normalized spacial score (nSPS) is 17.2. The maximum atomic E-state index is 8.86. The maximum Gasteiger partial charge on any atom is 0.0657 e. The standard InChI is InChI=1S/C14H18N2/c1-11-3-4-14(9-12(11)2)16-7-5-13(10-15)6-8-16/h3-4,9,13H,5-8H2,1-2H3. The average Bonchev–Trinajstić information content (AvgIpc) is 2.33. The molecule has 16 heavy (non-hydrogen) atoms. The van der Waals surface area contributed by atoms with Crippen LogP contribution in [0.2, 0.25) is 0 Å². The number of nitriles is 1. The molecule has 1 aliphatic rings. The van der Waals surface area contributed by atoms with Crippen LogP contribution in [0.4, 0.5) is 5.69 Å². The van der Waals surface area contributed by atoms with E-state index in [2.05, 4.69) is 43.0 Å². The summed E-state index contributed by atoms with van der Waals surface area (Å²) in [6.07, 6.45) is 2.01. The van der Waals surface area contributed by atoms with Gasteiger partial charge >= 0.3 is 0 Å². The zero-order valence-electron chi connectivity index (χ0n) is 10.0. The molecular formula is C14H18N2. The van der Waals surface area contributed by atoms with Crippen molar-refractivity contribution in [1.82, 2.24) is 0 Å². The fraction of sp³-hybridized carbons (Fsp3) is 0.500. The van der Waals surface area contributed by atoms with Gasteiger partial charge < -0.3 is 4.90 Å². The number of hydrogen-bond donors (Lipinski definition) is 0. The highest BCUT2D eigenvalue weighted by atomic mass is 15.1. The SMILES string of the molecule is Cc1ccc(N2CCC(C#N)CC2)cc1C. The number of aryl methyl sites for hydroxylation is 2. The van der Waals surface area contributed by atoms with Gasteiger partial charge in [0.1, 0.15) is 0 Å². The van der Waals surface area contributed by atoms with E-state index in [9.17, 15) is 0 Å². The minimum atomic E-state index is 0.266. The van der Waals surface area contributed by atoms with E-state index in [0.29, 0.717) is 0 Å². The average molecular weight is 214 g/mol. The zero-order valence-corrected chi connectivity index (χ0v) is 10.0. The van der Waals surface area contributed by atoms with E-state index in [1.165, 1.54) is 16.8 Å². The molecule has 0 spiro atoms. The summed E-state index contributed by atoms with van der Waals surface area (Å²) in [5.74, 6) is 0.266. The van der Waals surface area contributed by atoms with Gasteiger partial charge in [0.25, 0.3) is 0 Å². The number of rotatable bonds is 1. The third kappa shape index (κ3) is 2.19. The summed E-state index contributed by atoms with van der Waals surface area (Å²) >= 11 is 0. The molecule has 0 aromatic heterocycles. The molecule has 0 atom stereocenters. The summed E-state index contributed by atoms with van der Waals surface area (Å²) in [6.45, 7) is 6.32. The molecule has 0 amide bonds. The van der Waals surface area contributed by atoms with Gasteiger partial charge in [-0.05, 0) is 49.9 Å². The first-order valence-electron chi connectivity index (χ1n) is 5.92. The fourth-order valence-electron chi connectivity index (χ4n) is 2.19. The molecule has 0 N–H and O–H groups in total. The zero-order chi connectivity index (χ0) is 11.5. The summed E-state index contributed by atoms with van der Waals surface area (Å²) < 4.78 is 0. The van der Waals surface area contributed by atoms with Gasteiger partial charge in [-0.3, -0.25) is 0 Å². The lowest BCUT2D eigenvalue weighted by atomic mass is 9.98. The fourth-order valence-corrected chi connectivity index (χ4v) is 2.19. The predicted molar refractivity (Wildman–Crippen MR) is 66.5 cm³/mol. The number of piperidine rings is 1. The molecule has 1 aliphatic heterocycles. The van der Waals surface area contributed by atoms with Gasteiger partial charge in [0.05, 0.1) is 6.07 Å². The Kier molecular flexibility index (Phi) is 3.14. The second-order valence-corrected chi connectivity index (χ2v) is 4.66. The Morgan fingerprint density at radius 3 is 2.44 bits per heavy atom. The number of anilines is 1. The molecule has 1 saturated heterocycles. The quantitative estimate of drug-likeness (QED) is 0.718. The van der Waals surface area contributed by atoms with Gasteiger partial charge in [0.2, 0.25) is 0 Å². The Bertz CT molecular complexity index is 409. The Hall–Kier alpha value is -1.49. The van der Waals surface area contributed by atoms with Crippen molar-refractivity contribution in [3.63, 3.8) is 0 Å². The molecule has 2 rings (SSSR count). The monoisotopic (exact) mass is 214 g/mol. The van der Waals surface area contributed by atoms with E-state index in [-0.39, 0.29) is 5.92 Å². The lowest BCUT2D eigenvalue weighted by Crippen LogP contribution is -2.33. The largest absolute Gasteiger partial charge is 0.371 e. The van der Waals surface area contributed by atoms with E-state index in [1.807, 2.05) is 0 Å². The topological polar surface area (TPSA) is 27.0 Å². The van der Waals surface area contributed by atoms with Crippen LogP contribution in [0.5, 0.6) is 0 Å². The van der Waals surface area contributed by atoms with Crippen molar-refractivity contribution in [2.75, 3.05) is 18.0 Å². The van der Waals surface area contributed by atoms with Crippen molar-refractivity contribution < 1.29 is 0 Å². The van der Waals surface area contributed by atoms with Crippen LogP contribution in [0.1, 0.15) is 24.0 Å². The van der Waals surface area contributed by atoms with Crippen molar-refractivity contribution >= 4 is 5.69 Å². The van der Waals surface area contributed by atoms with Crippen LogP contribution in [0.15, 0.2) is 18.2 Å². The number of nitrogens with zero attached hydrogens (tertiary/aromatic N) is 2. The van der Waals surface area contributed by atoms with Crippen LogP contribution in [0, 0.1) is 31.1 Å².